The fourth-order valence-corrected chi connectivity index (χ4v) is 1.25. The Bertz CT molecular complexity index is 418. The van der Waals surface area contributed by atoms with Crippen LogP contribution in [-0.4, -0.2) is 65.2 Å². The number of ether oxygens (including phenoxy) is 4. The van der Waals surface area contributed by atoms with Crippen LogP contribution in [0.2, 0.25) is 0 Å². The number of carbonyl (C=O) groups excluding carboxylic acids is 4. The molecule has 0 aliphatic rings. The molecule has 8 nitrogen and oxygen atoms in total. The lowest BCUT2D eigenvalue weighted by Gasteiger charge is -2.19. The molecule has 0 radical (unpaired) electrons. The molecule has 0 aliphatic heterocycles. The lowest BCUT2D eigenvalue weighted by Crippen LogP contribution is -2.22. The number of ketones is 2. The zero-order valence-electron chi connectivity index (χ0n) is 22.7. The van der Waals surface area contributed by atoms with Gasteiger partial charge < -0.3 is 18.9 Å². The van der Waals surface area contributed by atoms with Gasteiger partial charge in [0.2, 0.25) is 0 Å². The smallest absolute Gasteiger partial charge is 0.305 e. The second-order valence-corrected chi connectivity index (χ2v) is 6.98. The Labute approximate surface area is 240 Å². The lowest BCUT2D eigenvalue weighted by atomic mass is 9.83. The Kier molecular flexibility index (Phi) is 103. The topological polar surface area (TPSA) is 105 Å². The van der Waals surface area contributed by atoms with Gasteiger partial charge in [-0.15, -0.1) is 0 Å². The summed E-state index contributed by atoms with van der Waals surface area (Å²) in [4.78, 5) is 41.1. The van der Waals surface area contributed by atoms with E-state index in [-0.39, 0.29) is 74.3 Å². The van der Waals surface area contributed by atoms with Crippen molar-refractivity contribution in [1.82, 2.24) is 0 Å². The first-order valence-electron chi connectivity index (χ1n) is 11.0. The number of hydrogen-bond donors (Lipinski definition) is 0. The maximum Gasteiger partial charge on any atom is 0.305 e. The molecule has 0 N–H and O–H groups in total. The van der Waals surface area contributed by atoms with Gasteiger partial charge in [-0.2, -0.15) is 0 Å². The van der Waals surface area contributed by atoms with Gasteiger partial charge in [-0.25, -0.2) is 0 Å². The summed E-state index contributed by atoms with van der Waals surface area (Å²) in [6, 6.07) is 0. The molecule has 0 heterocycles. The zero-order chi connectivity index (χ0) is 26.6. The molecule has 0 aliphatic carbocycles. The van der Waals surface area contributed by atoms with E-state index in [9.17, 15) is 19.2 Å². The summed E-state index contributed by atoms with van der Waals surface area (Å²) in [5.74, 6) is 0.153. The predicted octanol–water partition coefficient (Wildman–Crippen LogP) is 8.62. The number of esters is 2. The van der Waals surface area contributed by atoms with Crippen molar-refractivity contribution in [3.63, 3.8) is 0 Å². The lowest BCUT2D eigenvalue weighted by molar-refractivity contribution is -0.141. The Balaban J connectivity index is -0.0000000264. The van der Waals surface area contributed by atoms with Crippen molar-refractivity contribution in [3.8, 4) is 0 Å². The predicted molar refractivity (Wildman–Crippen MR) is 169 cm³/mol. The minimum atomic E-state index is -0.157. The first kappa shape index (κ1) is 70.6. The molecule has 0 amide bonds. The average molecular weight is 563 g/mol. The second-order valence-electron chi connectivity index (χ2n) is 6.98. The Morgan fingerprint density at radius 2 is 0.947 bits per heavy atom. The summed E-state index contributed by atoms with van der Waals surface area (Å²) >= 11 is 0. The van der Waals surface area contributed by atoms with Crippen LogP contribution in [0.4, 0.5) is 0 Å². The highest BCUT2D eigenvalue weighted by Crippen LogP contribution is 2.22. The van der Waals surface area contributed by atoms with Crippen LogP contribution in [-0.2, 0) is 38.1 Å². The van der Waals surface area contributed by atoms with E-state index in [2.05, 4.69) is 25.9 Å². The normalized spacial score (nSPS) is 7.58. The largest absolute Gasteiger partial charge is 0.469 e. The molecule has 0 saturated heterocycles. The van der Waals surface area contributed by atoms with Crippen molar-refractivity contribution in [1.29, 1.82) is 0 Å². The minimum absolute atomic E-state index is 0. The molecule has 0 aromatic carbocycles. The maximum atomic E-state index is 11.3. The van der Waals surface area contributed by atoms with Gasteiger partial charge in [0.25, 0.3) is 0 Å². The summed E-state index contributed by atoms with van der Waals surface area (Å²) in [6.45, 7) is 16.2. The van der Waals surface area contributed by atoms with E-state index in [0.29, 0.717) is 18.6 Å². The fourth-order valence-electron chi connectivity index (χ4n) is 1.25. The molecule has 0 rings (SSSR count). The second kappa shape index (κ2) is 55.6. The van der Waals surface area contributed by atoms with E-state index >= 15 is 0 Å². The molecule has 242 valence electrons. The van der Waals surface area contributed by atoms with Gasteiger partial charge in [-0.3, -0.25) is 19.2 Å². The highest BCUT2D eigenvalue weighted by Gasteiger charge is 2.23. The van der Waals surface area contributed by atoms with Gasteiger partial charge in [0.1, 0.15) is 12.4 Å². The van der Waals surface area contributed by atoms with E-state index < -0.39 is 0 Å². The van der Waals surface area contributed by atoms with Crippen LogP contribution < -0.4 is 0 Å². The van der Waals surface area contributed by atoms with E-state index in [1.165, 1.54) is 28.3 Å². The van der Waals surface area contributed by atoms with Crippen molar-refractivity contribution in [2.45, 2.75) is 132 Å². The third kappa shape index (κ3) is 76.5. The van der Waals surface area contributed by atoms with E-state index in [0.717, 1.165) is 25.9 Å². The van der Waals surface area contributed by atoms with E-state index in [1.54, 1.807) is 21.0 Å². The minimum Gasteiger partial charge on any atom is -0.469 e. The van der Waals surface area contributed by atoms with Gasteiger partial charge in [-0.1, -0.05) is 86.1 Å². The molecule has 0 aromatic heterocycles. The molecule has 0 atom stereocenters. The van der Waals surface area contributed by atoms with Crippen LogP contribution in [0.3, 0.4) is 0 Å². The summed E-state index contributed by atoms with van der Waals surface area (Å²) < 4.78 is 17.5. The Hall–Kier alpha value is -1.80. The van der Waals surface area contributed by atoms with Crippen LogP contribution in [0, 0.1) is 5.41 Å². The number of Topliss-reactive ketones (excluding diaryl/α,β-unsaturated/α-hetero) is 2. The number of carbonyl (C=O) groups is 4. The highest BCUT2D eigenvalue weighted by molar-refractivity contribution is 5.83. The third-order valence-corrected chi connectivity index (χ3v) is 3.78. The first-order chi connectivity index (χ1) is 14.8. The zero-order valence-corrected chi connectivity index (χ0v) is 22.7. The molecular formula is C30H74O8. The van der Waals surface area contributed by atoms with Crippen LogP contribution >= 0.6 is 0 Å². The average Bonchev–Trinajstić information content (AvgIpc) is 2.79. The fraction of sp³-hybridized carbons (Fsp3) is 0.867. The van der Waals surface area contributed by atoms with E-state index in [1.807, 2.05) is 27.7 Å². The highest BCUT2D eigenvalue weighted by atomic mass is 16.5. The molecule has 0 aromatic rings. The summed E-state index contributed by atoms with van der Waals surface area (Å²) in [5, 5.41) is 0. The van der Waals surface area contributed by atoms with E-state index in [4.69, 9.17) is 0 Å². The Morgan fingerprint density at radius 1 is 0.632 bits per heavy atom. The molecule has 8 heteroatoms. The quantitative estimate of drug-likeness (QED) is 0.257. The molecule has 0 fully saturated rings. The van der Waals surface area contributed by atoms with Crippen molar-refractivity contribution in [3.05, 3.63) is 0 Å². The summed E-state index contributed by atoms with van der Waals surface area (Å²) in [5.41, 5.74) is -0.0873. The first-order valence-corrected chi connectivity index (χ1v) is 11.0. The molecule has 0 spiro atoms. The van der Waals surface area contributed by atoms with Crippen molar-refractivity contribution in [2.75, 3.05) is 41.7 Å². The van der Waals surface area contributed by atoms with Gasteiger partial charge in [0.15, 0.2) is 5.78 Å². The van der Waals surface area contributed by atoms with Crippen molar-refractivity contribution < 1.29 is 38.1 Å². The van der Waals surface area contributed by atoms with Crippen molar-refractivity contribution in [2.24, 2.45) is 5.41 Å². The number of hydrogen-bond acceptors (Lipinski definition) is 8. The van der Waals surface area contributed by atoms with Crippen LogP contribution in [0.1, 0.15) is 132 Å². The SMILES string of the molecule is C.C.C.C.C.C.CCC(=O)OC.CCC(=O)OC.CCCC(=O)C(C)(C)CC.CCOC.COCC(C)=O. The van der Waals surface area contributed by atoms with Gasteiger partial charge >= 0.3 is 11.9 Å². The molecule has 0 unspecified atom stereocenters. The monoisotopic (exact) mass is 563 g/mol. The molecular weight excluding hydrogens is 488 g/mol. The van der Waals surface area contributed by atoms with Gasteiger partial charge in [0, 0.05) is 45.5 Å². The van der Waals surface area contributed by atoms with Crippen molar-refractivity contribution >= 4 is 23.5 Å². The van der Waals surface area contributed by atoms with Gasteiger partial charge in [-0.05, 0) is 26.7 Å². The van der Waals surface area contributed by atoms with Crippen LogP contribution in [0.15, 0.2) is 0 Å². The van der Waals surface area contributed by atoms with Crippen LogP contribution in [0.5, 0.6) is 0 Å². The molecule has 38 heavy (non-hydrogen) atoms. The maximum absolute atomic E-state index is 11.3. The number of rotatable bonds is 9. The number of methoxy groups -OCH3 is 4. The van der Waals surface area contributed by atoms with Gasteiger partial charge in [0.05, 0.1) is 14.2 Å². The molecule has 0 bridgehead atoms. The van der Waals surface area contributed by atoms with Crippen LogP contribution in [0.25, 0.3) is 0 Å². The standard InChI is InChI=1S/C9H18O.3C4H8O2.C3H8O.6CH4/c1-5-7-8(10)9(3,4)6-2;1-4(5)3-6-2;2*1-3-4(5)6-2;1-3-4-2;;;;;;/h5-7H2,1-4H3;3*3H2,1-2H3;3H2,1-2H3;6*1H4. The summed E-state index contributed by atoms with van der Waals surface area (Å²) in [7, 11) is 5.94. The molecule has 0 saturated carbocycles. The summed E-state index contributed by atoms with van der Waals surface area (Å²) in [6.07, 6.45) is 3.60. The third-order valence-electron chi connectivity index (χ3n) is 3.78. The Morgan fingerprint density at radius 3 is 1.03 bits per heavy atom.